The van der Waals surface area contributed by atoms with Crippen molar-refractivity contribution in [3.8, 4) is 0 Å². The Labute approximate surface area is 131 Å². The van der Waals surface area contributed by atoms with Gasteiger partial charge in [0, 0.05) is 6.04 Å². The van der Waals surface area contributed by atoms with Crippen molar-refractivity contribution in [3.05, 3.63) is 44.6 Å². The molecule has 4 nitrogen and oxygen atoms in total. The summed E-state index contributed by atoms with van der Waals surface area (Å²) >= 11 is 13.3. The average molecular weight is 351 g/mol. The van der Waals surface area contributed by atoms with Gasteiger partial charge in [-0.2, -0.15) is 11.3 Å². The van der Waals surface area contributed by atoms with Gasteiger partial charge < -0.3 is 5.73 Å². The lowest BCUT2D eigenvalue weighted by molar-refractivity contribution is 0.567. The molecule has 1 aromatic carbocycles. The van der Waals surface area contributed by atoms with Gasteiger partial charge in [-0.15, -0.1) is 0 Å². The van der Waals surface area contributed by atoms with Crippen LogP contribution < -0.4 is 10.5 Å². The molecule has 1 heterocycles. The van der Waals surface area contributed by atoms with Crippen LogP contribution in [0.4, 0.5) is 5.69 Å². The highest BCUT2D eigenvalue weighted by molar-refractivity contribution is 7.89. The number of hydrogen-bond acceptors (Lipinski definition) is 4. The van der Waals surface area contributed by atoms with E-state index in [-0.39, 0.29) is 26.7 Å². The van der Waals surface area contributed by atoms with Crippen LogP contribution in [-0.4, -0.2) is 8.42 Å². The third-order valence-corrected chi connectivity index (χ3v) is 5.89. The molecule has 0 saturated heterocycles. The van der Waals surface area contributed by atoms with Gasteiger partial charge in [-0.05, 0) is 41.4 Å². The van der Waals surface area contributed by atoms with Gasteiger partial charge in [0.25, 0.3) is 0 Å². The van der Waals surface area contributed by atoms with Crippen LogP contribution in [-0.2, 0) is 10.0 Å². The van der Waals surface area contributed by atoms with Crippen molar-refractivity contribution in [1.29, 1.82) is 0 Å². The average Bonchev–Trinajstić information content (AvgIpc) is 2.89. The van der Waals surface area contributed by atoms with E-state index in [1.54, 1.807) is 6.92 Å². The molecule has 8 heteroatoms. The Balaban J connectivity index is 2.34. The van der Waals surface area contributed by atoms with Crippen molar-refractivity contribution in [1.82, 2.24) is 4.72 Å². The SMILES string of the molecule is CC(NS(=O)(=O)c1ccc(Cl)c(N)c1Cl)c1ccsc1. The molecule has 3 N–H and O–H groups in total. The molecule has 0 aliphatic rings. The molecular weight excluding hydrogens is 339 g/mol. The number of halogens is 2. The van der Waals surface area contributed by atoms with E-state index in [9.17, 15) is 8.42 Å². The van der Waals surface area contributed by atoms with Crippen LogP contribution >= 0.6 is 34.5 Å². The van der Waals surface area contributed by atoms with E-state index in [4.69, 9.17) is 28.9 Å². The number of sulfonamides is 1. The minimum absolute atomic E-state index is 0.0550. The van der Waals surface area contributed by atoms with Gasteiger partial charge in [0.05, 0.1) is 15.7 Å². The number of anilines is 1. The van der Waals surface area contributed by atoms with Gasteiger partial charge in [-0.1, -0.05) is 23.2 Å². The molecule has 0 radical (unpaired) electrons. The van der Waals surface area contributed by atoms with Crippen molar-refractivity contribution in [2.45, 2.75) is 17.9 Å². The monoisotopic (exact) mass is 350 g/mol. The fourth-order valence-electron chi connectivity index (χ4n) is 1.64. The Morgan fingerprint density at radius 2 is 2.00 bits per heavy atom. The molecule has 1 aromatic heterocycles. The van der Waals surface area contributed by atoms with Crippen LogP contribution in [0.15, 0.2) is 33.9 Å². The topological polar surface area (TPSA) is 72.2 Å². The zero-order valence-corrected chi connectivity index (χ0v) is 13.6. The molecule has 20 heavy (non-hydrogen) atoms. The first kappa shape index (κ1) is 15.6. The third-order valence-electron chi connectivity index (χ3n) is 2.76. The van der Waals surface area contributed by atoms with Gasteiger partial charge in [-0.3, -0.25) is 0 Å². The molecule has 0 spiro atoms. The smallest absolute Gasteiger partial charge is 0.242 e. The number of benzene rings is 1. The van der Waals surface area contributed by atoms with E-state index in [2.05, 4.69) is 4.72 Å². The first-order chi connectivity index (χ1) is 9.33. The lowest BCUT2D eigenvalue weighted by Crippen LogP contribution is -2.27. The Hall–Kier alpha value is -0.790. The highest BCUT2D eigenvalue weighted by Gasteiger charge is 2.23. The fraction of sp³-hybridized carbons (Fsp3) is 0.167. The third kappa shape index (κ3) is 3.10. The van der Waals surface area contributed by atoms with Crippen molar-refractivity contribution < 1.29 is 8.42 Å². The number of nitrogens with one attached hydrogen (secondary N) is 1. The summed E-state index contributed by atoms with van der Waals surface area (Å²) in [6, 6.07) is 4.24. The molecule has 0 saturated carbocycles. The summed E-state index contributed by atoms with van der Waals surface area (Å²) in [6.07, 6.45) is 0. The first-order valence-corrected chi connectivity index (χ1v) is 8.79. The quantitative estimate of drug-likeness (QED) is 0.826. The molecule has 1 unspecified atom stereocenters. The van der Waals surface area contributed by atoms with Gasteiger partial charge in [0.2, 0.25) is 10.0 Å². The Morgan fingerprint density at radius 1 is 1.30 bits per heavy atom. The van der Waals surface area contributed by atoms with Crippen molar-refractivity contribution in [2.24, 2.45) is 0 Å². The zero-order valence-electron chi connectivity index (χ0n) is 10.4. The van der Waals surface area contributed by atoms with Crippen molar-refractivity contribution in [3.63, 3.8) is 0 Å². The van der Waals surface area contributed by atoms with Crippen LogP contribution in [0.3, 0.4) is 0 Å². The maximum absolute atomic E-state index is 12.3. The summed E-state index contributed by atoms with van der Waals surface area (Å²) in [4.78, 5) is -0.0804. The number of hydrogen-bond donors (Lipinski definition) is 2. The predicted octanol–water partition coefficient (Wildman–Crippen LogP) is 3.68. The second-order valence-electron chi connectivity index (χ2n) is 4.17. The summed E-state index contributed by atoms with van der Waals surface area (Å²) in [6.45, 7) is 1.76. The number of thiophene rings is 1. The van der Waals surface area contributed by atoms with Crippen LogP contribution in [0.5, 0.6) is 0 Å². The van der Waals surface area contributed by atoms with Gasteiger partial charge in [-0.25, -0.2) is 13.1 Å². The van der Waals surface area contributed by atoms with E-state index >= 15 is 0 Å². The molecule has 0 bridgehead atoms. The molecule has 108 valence electrons. The molecule has 0 fully saturated rings. The molecule has 0 amide bonds. The zero-order chi connectivity index (χ0) is 14.9. The van der Waals surface area contributed by atoms with Crippen molar-refractivity contribution in [2.75, 3.05) is 5.73 Å². The summed E-state index contributed by atoms with van der Waals surface area (Å²) in [5, 5.41) is 3.92. The summed E-state index contributed by atoms with van der Waals surface area (Å²) in [5.41, 5.74) is 6.59. The molecule has 2 aromatic rings. The highest BCUT2D eigenvalue weighted by Crippen LogP contribution is 2.33. The van der Waals surface area contributed by atoms with E-state index < -0.39 is 10.0 Å². The summed E-state index contributed by atoms with van der Waals surface area (Å²) in [5.74, 6) is 0. The Kier molecular flexibility index (Phi) is 4.61. The van der Waals surface area contributed by atoms with Crippen LogP contribution in [0.1, 0.15) is 18.5 Å². The largest absolute Gasteiger partial charge is 0.396 e. The van der Waals surface area contributed by atoms with Gasteiger partial charge >= 0.3 is 0 Å². The van der Waals surface area contributed by atoms with Gasteiger partial charge in [0.15, 0.2) is 0 Å². The standard InChI is InChI=1S/C12H12Cl2N2O2S2/c1-7(8-4-5-19-6-8)16-20(17,18)10-3-2-9(13)12(15)11(10)14/h2-7,16H,15H2,1H3. The highest BCUT2D eigenvalue weighted by atomic mass is 35.5. The summed E-state index contributed by atoms with van der Waals surface area (Å²) in [7, 11) is -3.77. The maximum Gasteiger partial charge on any atom is 0.242 e. The van der Waals surface area contributed by atoms with Crippen LogP contribution in [0.25, 0.3) is 0 Å². The molecule has 0 aliphatic heterocycles. The molecule has 0 aliphatic carbocycles. The normalized spacial score (nSPS) is 13.3. The van der Waals surface area contributed by atoms with Crippen LogP contribution in [0, 0.1) is 0 Å². The lowest BCUT2D eigenvalue weighted by Gasteiger charge is -2.15. The van der Waals surface area contributed by atoms with E-state index in [0.29, 0.717) is 0 Å². The summed E-state index contributed by atoms with van der Waals surface area (Å²) < 4.78 is 27.2. The molecule has 1 atom stereocenters. The fourth-order valence-corrected chi connectivity index (χ4v) is 4.39. The van der Waals surface area contributed by atoms with E-state index in [1.165, 1.54) is 23.5 Å². The predicted molar refractivity (Wildman–Crippen MR) is 83.9 cm³/mol. The minimum atomic E-state index is -3.77. The second-order valence-corrected chi connectivity index (χ2v) is 7.42. The maximum atomic E-state index is 12.3. The molecule has 2 rings (SSSR count). The number of nitrogens with two attached hydrogens (primary N) is 1. The first-order valence-electron chi connectivity index (χ1n) is 5.61. The second kappa shape index (κ2) is 5.91. The van der Waals surface area contributed by atoms with Crippen LogP contribution in [0.2, 0.25) is 10.0 Å². The van der Waals surface area contributed by atoms with Gasteiger partial charge in [0.1, 0.15) is 4.90 Å². The van der Waals surface area contributed by atoms with Crippen molar-refractivity contribution >= 4 is 50.2 Å². The Morgan fingerprint density at radius 3 is 2.60 bits per heavy atom. The number of rotatable bonds is 4. The number of nitrogen functional groups attached to an aromatic ring is 1. The Bertz CT molecular complexity index is 715. The minimum Gasteiger partial charge on any atom is -0.396 e. The lowest BCUT2D eigenvalue weighted by atomic mass is 10.2. The van der Waals surface area contributed by atoms with E-state index in [1.807, 2.05) is 16.8 Å². The molecular formula is C12H12Cl2N2O2S2. The van der Waals surface area contributed by atoms with E-state index in [0.717, 1.165) is 5.56 Å².